The van der Waals surface area contributed by atoms with E-state index in [9.17, 15) is 4.79 Å². The number of methoxy groups -OCH3 is 1. The molecule has 3 nitrogen and oxygen atoms in total. The summed E-state index contributed by atoms with van der Waals surface area (Å²) in [6.45, 7) is 2.01. The van der Waals surface area contributed by atoms with Crippen molar-refractivity contribution in [1.82, 2.24) is 0 Å². The Morgan fingerprint density at radius 1 is 1.39 bits per heavy atom. The molecule has 0 saturated carbocycles. The van der Waals surface area contributed by atoms with E-state index in [1.165, 1.54) is 7.11 Å². The Labute approximate surface area is 105 Å². The second-order valence-corrected chi connectivity index (χ2v) is 4.58. The van der Waals surface area contributed by atoms with Crippen LogP contribution in [0.5, 0.6) is 5.75 Å². The maximum absolute atomic E-state index is 11.8. The molecule has 2 aromatic rings. The number of ether oxygens (including phenoxy) is 2. The minimum Gasteiger partial charge on any atom is -0.489 e. The molecule has 1 atom stereocenters. The van der Waals surface area contributed by atoms with Crippen LogP contribution in [0.1, 0.15) is 22.8 Å². The summed E-state index contributed by atoms with van der Waals surface area (Å²) in [5.41, 5.74) is 1.64. The molecule has 3 heteroatoms. The van der Waals surface area contributed by atoms with Gasteiger partial charge < -0.3 is 9.47 Å². The smallest absolute Gasteiger partial charge is 0.341 e. The van der Waals surface area contributed by atoms with Crippen LogP contribution in [0.2, 0.25) is 0 Å². The second-order valence-electron chi connectivity index (χ2n) is 4.58. The summed E-state index contributed by atoms with van der Waals surface area (Å²) in [6, 6.07) is 9.89. The first-order chi connectivity index (χ1) is 8.70. The normalized spacial score (nSPS) is 17.3. The first kappa shape index (κ1) is 11.1. The molecule has 0 N–H and O–H groups in total. The summed E-state index contributed by atoms with van der Waals surface area (Å²) in [7, 11) is 1.39. The fraction of sp³-hybridized carbons (Fsp3) is 0.267. The number of hydrogen-bond donors (Lipinski definition) is 0. The van der Waals surface area contributed by atoms with Crippen LogP contribution in [-0.4, -0.2) is 19.2 Å². The minimum absolute atomic E-state index is 0.106. The van der Waals surface area contributed by atoms with Crippen molar-refractivity contribution < 1.29 is 14.3 Å². The summed E-state index contributed by atoms with van der Waals surface area (Å²) >= 11 is 0. The zero-order valence-corrected chi connectivity index (χ0v) is 10.4. The van der Waals surface area contributed by atoms with Crippen molar-refractivity contribution >= 4 is 16.7 Å². The van der Waals surface area contributed by atoms with E-state index in [0.717, 1.165) is 22.8 Å². The van der Waals surface area contributed by atoms with Crippen LogP contribution in [0.25, 0.3) is 10.8 Å². The average molecular weight is 242 g/mol. The molecule has 1 unspecified atom stereocenters. The van der Waals surface area contributed by atoms with Crippen LogP contribution in [0.3, 0.4) is 0 Å². The van der Waals surface area contributed by atoms with Crippen LogP contribution < -0.4 is 4.74 Å². The van der Waals surface area contributed by atoms with E-state index in [1.54, 1.807) is 0 Å². The first-order valence-electron chi connectivity index (χ1n) is 6.00. The number of hydrogen-bond acceptors (Lipinski definition) is 3. The van der Waals surface area contributed by atoms with Gasteiger partial charge in [0.05, 0.1) is 7.11 Å². The van der Waals surface area contributed by atoms with Gasteiger partial charge in [0.2, 0.25) is 0 Å². The quantitative estimate of drug-likeness (QED) is 0.721. The van der Waals surface area contributed by atoms with Gasteiger partial charge in [0.15, 0.2) is 0 Å². The second kappa shape index (κ2) is 4.02. The van der Waals surface area contributed by atoms with Gasteiger partial charge in [-0.05, 0) is 23.8 Å². The van der Waals surface area contributed by atoms with Gasteiger partial charge in [0, 0.05) is 12.0 Å². The van der Waals surface area contributed by atoms with E-state index in [1.807, 2.05) is 31.2 Å². The molecule has 18 heavy (non-hydrogen) atoms. The first-order valence-corrected chi connectivity index (χ1v) is 6.00. The van der Waals surface area contributed by atoms with Crippen molar-refractivity contribution in [2.75, 3.05) is 7.11 Å². The number of fused-ring (bicyclic) bond motifs is 3. The maximum atomic E-state index is 11.8. The SMILES string of the molecule is COC(=O)c1cc2ccccc2c2c1OC(C)C2. The predicted octanol–water partition coefficient (Wildman–Crippen LogP) is 2.95. The zero-order valence-electron chi connectivity index (χ0n) is 10.4. The monoisotopic (exact) mass is 242 g/mol. The lowest BCUT2D eigenvalue weighted by molar-refractivity contribution is 0.0596. The molecule has 0 aliphatic carbocycles. The van der Waals surface area contributed by atoms with Crippen LogP contribution >= 0.6 is 0 Å². The molecular weight excluding hydrogens is 228 g/mol. The highest BCUT2D eigenvalue weighted by atomic mass is 16.5. The average Bonchev–Trinajstić information content (AvgIpc) is 2.78. The molecule has 3 rings (SSSR count). The zero-order chi connectivity index (χ0) is 12.7. The van der Waals surface area contributed by atoms with Crippen LogP contribution in [0.4, 0.5) is 0 Å². The van der Waals surface area contributed by atoms with E-state index in [2.05, 4.69) is 6.07 Å². The van der Waals surface area contributed by atoms with Crippen molar-refractivity contribution in [2.24, 2.45) is 0 Å². The summed E-state index contributed by atoms with van der Waals surface area (Å²) in [6.07, 6.45) is 0.940. The standard InChI is InChI=1S/C15H14O3/c1-9-7-12-11-6-4-3-5-10(11)8-13(14(12)18-9)15(16)17-2/h3-6,8-9H,7H2,1-2H3. The van der Waals surface area contributed by atoms with E-state index < -0.39 is 0 Å². The fourth-order valence-corrected chi connectivity index (χ4v) is 2.53. The number of carbonyl (C=O) groups is 1. The third kappa shape index (κ3) is 1.55. The predicted molar refractivity (Wildman–Crippen MR) is 69.1 cm³/mol. The number of esters is 1. The Hall–Kier alpha value is -2.03. The Morgan fingerprint density at radius 2 is 2.17 bits per heavy atom. The van der Waals surface area contributed by atoms with Crippen LogP contribution in [0.15, 0.2) is 30.3 Å². The highest BCUT2D eigenvalue weighted by Gasteiger charge is 2.27. The molecule has 0 saturated heterocycles. The Balaban J connectivity index is 2.32. The maximum Gasteiger partial charge on any atom is 0.341 e. The van der Waals surface area contributed by atoms with Crippen molar-refractivity contribution in [1.29, 1.82) is 0 Å². The van der Waals surface area contributed by atoms with E-state index >= 15 is 0 Å². The molecule has 1 aliphatic rings. The lowest BCUT2D eigenvalue weighted by Crippen LogP contribution is -2.08. The third-order valence-corrected chi connectivity index (χ3v) is 3.32. The van der Waals surface area contributed by atoms with Gasteiger partial charge >= 0.3 is 5.97 Å². The Morgan fingerprint density at radius 3 is 2.94 bits per heavy atom. The van der Waals surface area contributed by atoms with Crippen molar-refractivity contribution in [2.45, 2.75) is 19.4 Å². The van der Waals surface area contributed by atoms with Gasteiger partial charge in [-0.1, -0.05) is 24.3 Å². The third-order valence-electron chi connectivity index (χ3n) is 3.32. The summed E-state index contributed by atoms with van der Waals surface area (Å²) in [5.74, 6) is 0.346. The molecule has 0 amide bonds. The molecule has 1 aliphatic heterocycles. The van der Waals surface area contributed by atoms with Crippen molar-refractivity contribution in [3.63, 3.8) is 0 Å². The summed E-state index contributed by atoms with van der Waals surface area (Å²) in [5, 5.41) is 2.21. The molecule has 0 spiro atoms. The van der Waals surface area contributed by atoms with E-state index in [-0.39, 0.29) is 12.1 Å². The fourth-order valence-electron chi connectivity index (χ4n) is 2.53. The van der Waals surface area contributed by atoms with Gasteiger partial charge in [0.25, 0.3) is 0 Å². The van der Waals surface area contributed by atoms with Gasteiger partial charge in [-0.15, -0.1) is 0 Å². The van der Waals surface area contributed by atoms with Gasteiger partial charge in [-0.3, -0.25) is 0 Å². The summed E-state index contributed by atoms with van der Waals surface area (Å²) in [4.78, 5) is 11.8. The lowest BCUT2D eigenvalue weighted by atomic mass is 9.98. The molecule has 1 heterocycles. The van der Waals surface area contributed by atoms with Crippen LogP contribution in [0, 0.1) is 0 Å². The molecule has 2 aromatic carbocycles. The van der Waals surface area contributed by atoms with E-state index in [0.29, 0.717) is 11.3 Å². The molecule has 0 bridgehead atoms. The summed E-state index contributed by atoms with van der Waals surface area (Å²) < 4.78 is 10.6. The number of benzene rings is 2. The lowest BCUT2D eigenvalue weighted by Gasteiger charge is -2.10. The molecule has 0 fully saturated rings. The van der Waals surface area contributed by atoms with Gasteiger partial charge in [0.1, 0.15) is 17.4 Å². The van der Waals surface area contributed by atoms with Crippen molar-refractivity contribution in [3.05, 3.63) is 41.5 Å². The number of rotatable bonds is 1. The molecule has 0 aromatic heterocycles. The van der Waals surface area contributed by atoms with Gasteiger partial charge in [-0.2, -0.15) is 0 Å². The number of carbonyl (C=O) groups excluding carboxylic acids is 1. The van der Waals surface area contributed by atoms with Crippen LogP contribution in [-0.2, 0) is 11.2 Å². The van der Waals surface area contributed by atoms with Crippen molar-refractivity contribution in [3.8, 4) is 5.75 Å². The Kier molecular flexibility index (Phi) is 2.47. The molecule has 92 valence electrons. The largest absolute Gasteiger partial charge is 0.489 e. The highest BCUT2D eigenvalue weighted by molar-refractivity contribution is 6.01. The topological polar surface area (TPSA) is 35.5 Å². The van der Waals surface area contributed by atoms with E-state index in [4.69, 9.17) is 9.47 Å². The molecule has 0 radical (unpaired) electrons. The van der Waals surface area contributed by atoms with Gasteiger partial charge in [-0.25, -0.2) is 4.79 Å². The minimum atomic E-state index is -0.342. The Bertz CT molecular complexity index is 631. The highest BCUT2D eigenvalue weighted by Crippen LogP contribution is 2.38. The molecular formula is C15H14O3.